The molecular weight excluding hydrogens is 194 g/mol. The standard InChI is InChI=1S/C4H4ClNO2S2/c1-10(7,8)4-6-3(5)2-9-4/h2H,1H3. The fourth-order valence-corrected chi connectivity index (χ4v) is 2.24. The van der Waals surface area contributed by atoms with Crippen molar-refractivity contribution >= 4 is 32.8 Å². The van der Waals surface area contributed by atoms with Crippen LogP contribution in [0.5, 0.6) is 0 Å². The van der Waals surface area contributed by atoms with Gasteiger partial charge in [-0.25, -0.2) is 13.4 Å². The number of nitrogens with zero attached hydrogens (tertiary/aromatic N) is 1. The number of sulfone groups is 1. The number of hydrogen-bond donors (Lipinski definition) is 0. The van der Waals surface area contributed by atoms with E-state index in [0.717, 1.165) is 17.6 Å². The summed E-state index contributed by atoms with van der Waals surface area (Å²) in [6.45, 7) is 0. The summed E-state index contributed by atoms with van der Waals surface area (Å²) in [5.74, 6) is 0. The third kappa shape index (κ3) is 1.68. The summed E-state index contributed by atoms with van der Waals surface area (Å²) in [7, 11) is -3.16. The summed E-state index contributed by atoms with van der Waals surface area (Å²) < 4.78 is 21.5. The number of hydrogen-bond acceptors (Lipinski definition) is 4. The van der Waals surface area contributed by atoms with Crippen molar-refractivity contribution in [1.82, 2.24) is 4.98 Å². The van der Waals surface area contributed by atoms with Crippen molar-refractivity contribution in [2.45, 2.75) is 4.34 Å². The van der Waals surface area contributed by atoms with Crippen LogP contribution >= 0.6 is 22.9 Å². The molecule has 0 radical (unpaired) electrons. The van der Waals surface area contributed by atoms with Crippen molar-refractivity contribution in [2.75, 3.05) is 6.26 Å². The highest BCUT2D eigenvalue weighted by atomic mass is 35.5. The Morgan fingerprint density at radius 2 is 2.30 bits per heavy atom. The molecule has 0 saturated carbocycles. The molecule has 1 rings (SSSR count). The number of rotatable bonds is 1. The summed E-state index contributed by atoms with van der Waals surface area (Å²) in [6, 6.07) is 0. The topological polar surface area (TPSA) is 47.0 Å². The van der Waals surface area contributed by atoms with Gasteiger partial charge in [0.2, 0.25) is 14.2 Å². The van der Waals surface area contributed by atoms with Gasteiger partial charge >= 0.3 is 0 Å². The summed E-state index contributed by atoms with van der Waals surface area (Å²) >= 11 is 6.43. The van der Waals surface area contributed by atoms with Crippen LogP contribution in [0, 0.1) is 0 Å². The Balaban J connectivity index is 3.21. The largest absolute Gasteiger partial charge is 0.222 e. The van der Waals surface area contributed by atoms with E-state index in [1.54, 1.807) is 0 Å². The highest BCUT2D eigenvalue weighted by molar-refractivity contribution is 7.92. The molecule has 10 heavy (non-hydrogen) atoms. The third-order valence-corrected chi connectivity index (χ3v) is 3.65. The van der Waals surface area contributed by atoms with E-state index in [-0.39, 0.29) is 9.49 Å². The first kappa shape index (κ1) is 7.97. The number of thiazole rings is 1. The van der Waals surface area contributed by atoms with E-state index in [2.05, 4.69) is 4.98 Å². The van der Waals surface area contributed by atoms with Crippen LogP contribution in [0.15, 0.2) is 9.72 Å². The zero-order chi connectivity index (χ0) is 7.78. The molecule has 0 amide bonds. The van der Waals surface area contributed by atoms with E-state index in [0.29, 0.717) is 0 Å². The normalized spacial score (nSPS) is 11.8. The summed E-state index contributed by atoms with van der Waals surface area (Å²) in [4.78, 5) is 3.58. The molecule has 0 spiro atoms. The van der Waals surface area contributed by atoms with Crippen molar-refractivity contribution in [3.05, 3.63) is 10.5 Å². The highest BCUT2D eigenvalue weighted by Gasteiger charge is 2.10. The lowest BCUT2D eigenvalue weighted by molar-refractivity contribution is 0.601. The van der Waals surface area contributed by atoms with Crippen LogP contribution < -0.4 is 0 Å². The molecule has 0 N–H and O–H groups in total. The molecule has 0 atom stereocenters. The molecule has 1 aromatic heterocycles. The van der Waals surface area contributed by atoms with Gasteiger partial charge in [0, 0.05) is 11.6 Å². The first-order valence-corrected chi connectivity index (χ1v) is 5.46. The lowest BCUT2D eigenvalue weighted by atomic mass is 11.0. The van der Waals surface area contributed by atoms with Gasteiger partial charge in [0.05, 0.1) is 0 Å². The quantitative estimate of drug-likeness (QED) is 0.680. The molecule has 1 heterocycles. The van der Waals surface area contributed by atoms with Crippen molar-refractivity contribution in [3.63, 3.8) is 0 Å². The summed E-state index contributed by atoms with van der Waals surface area (Å²) in [5.41, 5.74) is 0. The monoisotopic (exact) mass is 197 g/mol. The second-order valence-corrected chi connectivity index (χ2v) is 5.14. The minimum Gasteiger partial charge on any atom is -0.222 e. The summed E-state index contributed by atoms with van der Waals surface area (Å²) in [5, 5.41) is 1.71. The Labute approximate surface area is 67.6 Å². The van der Waals surface area contributed by atoms with Crippen LogP contribution in [0.3, 0.4) is 0 Å². The smallest absolute Gasteiger partial charge is 0.210 e. The Hall–Kier alpha value is -0.130. The predicted molar refractivity (Wildman–Crippen MR) is 40.2 cm³/mol. The van der Waals surface area contributed by atoms with Gasteiger partial charge < -0.3 is 0 Å². The van der Waals surface area contributed by atoms with E-state index >= 15 is 0 Å². The number of halogens is 1. The van der Waals surface area contributed by atoms with E-state index in [9.17, 15) is 8.42 Å². The van der Waals surface area contributed by atoms with Crippen LogP contribution in [-0.4, -0.2) is 19.7 Å². The van der Waals surface area contributed by atoms with Crippen LogP contribution in [0.25, 0.3) is 0 Å². The lowest BCUT2D eigenvalue weighted by Gasteiger charge is -1.85. The van der Waals surface area contributed by atoms with Gasteiger partial charge in [0.1, 0.15) is 5.15 Å². The van der Waals surface area contributed by atoms with Gasteiger partial charge in [-0.05, 0) is 0 Å². The van der Waals surface area contributed by atoms with Gasteiger partial charge in [0.15, 0.2) is 0 Å². The molecule has 0 unspecified atom stereocenters. The number of aromatic nitrogens is 1. The zero-order valence-electron chi connectivity index (χ0n) is 5.04. The van der Waals surface area contributed by atoms with Gasteiger partial charge in [-0.1, -0.05) is 11.6 Å². The molecule has 0 aliphatic rings. The Morgan fingerprint density at radius 1 is 1.70 bits per heavy atom. The minimum atomic E-state index is -3.16. The van der Waals surface area contributed by atoms with Gasteiger partial charge in [-0.3, -0.25) is 0 Å². The minimum absolute atomic E-state index is 0.0671. The predicted octanol–water partition coefficient (Wildman–Crippen LogP) is 1.20. The van der Waals surface area contributed by atoms with E-state index in [1.807, 2.05) is 0 Å². The Morgan fingerprint density at radius 3 is 2.50 bits per heavy atom. The van der Waals surface area contributed by atoms with Gasteiger partial charge in [-0.2, -0.15) is 0 Å². The Bertz CT molecular complexity index is 329. The third-order valence-electron chi connectivity index (χ3n) is 0.772. The van der Waals surface area contributed by atoms with Crippen LogP contribution in [0.1, 0.15) is 0 Å². The molecular formula is C4H4ClNO2S2. The van der Waals surface area contributed by atoms with Crippen molar-refractivity contribution in [1.29, 1.82) is 0 Å². The SMILES string of the molecule is CS(=O)(=O)c1nc(Cl)cs1. The maximum atomic E-state index is 10.7. The first-order chi connectivity index (χ1) is 4.50. The molecule has 0 aliphatic heterocycles. The van der Waals surface area contributed by atoms with E-state index in [1.165, 1.54) is 5.38 Å². The molecule has 1 aromatic rings. The molecule has 6 heteroatoms. The fourth-order valence-electron chi connectivity index (χ4n) is 0.409. The molecule has 0 aromatic carbocycles. The van der Waals surface area contributed by atoms with Crippen molar-refractivity contribution < 1.29 is 8.42 Å². The lowest BCUT2D eigenvalue weighted by Crippen LogP contribution is -1.94. The fraction of sp³-hybridized carbons (Fsp3) is 0.250. The molecule has 3 nitrogen and oxygen atoms in total. The second-order valence-electron chi connectivity index (χ2n) is 1.71. The summed E-state index contributed by atoms with van der Waals surface area (Å²) in [6.07, 6.45) is 1.10. The average Bonchev–Trinajstić information content (AvgIpc) is 2.11. The van der Waals surface area contributed by atoms with Crippen LogP contribution in [0.2, 0.25) is 5.15 Å². The molecule has 0 saturated heterocycles. The first-order valence-electron chi connectivity index (χ1n) is 2.31. The van der Waals surface area contributed by atoms with Crippen molar-refractivity contribution in [2.24, 2.45) is 0 Å². The average molecular weight is 198 g/mol. The van der Waals surface area contributed by atoms with Gasteiger partial charge in [0.25, 0.3) is 0 Å². The van der Waals surface area contributed by atoms with Crippen LogP contribution in [0.4, 0.5) is 0 Å². The molecule has 0 fully saturated rings. The molecule has 0 bridgehead atoms. The van der Waals surface area contributed by atoms with E-state index in [4.69, 9.17) is 11.6 Å². The van der Waals surface area contributed by atoms with Crippen molar-refractivity contribution in [3.8, 4) is 0 Å². The van der Waals surface area contributed by atoms with Gasteiger partial charge in [-0.15, -0.1) is 11.3 Å². The highest BCUT2D eigenvalue weighted by Crippen LogP contribution is 2.18. The molecule has 56 valence electrons. The second kappa shape index (κ2) is 2.48. The Kier molecular flexibility index (Phi) is 1.98. The molecule has 0 aliphatic carbocycles. The maximum absolute atomic E-state index is 10.7. The zero-order valence-corrected chi connectivity index (χ0v) is 7.42. The van der Waals surface area contributed by atoms with E-state index < -0.39 is 9.84 Å². The maximum Gasteiger partial charge on any atom is 0.210 e. The van der Waals surface area contributed by atoms with Crippen LogP contribution in [-0.2, 0) is 9.84 Å².